The molecule has 0 unspecified atom stereocenters. The Kier molecular flexibility index (Phi) is 6.09. The third kappa shape index (κ3) is 4.07. The number of aliphatic hydroxyl groups excluding tert-OH is 1. The van der Waals surface area contributed by atoms with Crippen LogP contribution < -0.4 is 0 Å². The average Bonchev–Trinajstić information content (AvgIpc) is 2.96. The molecule has 2 heterocycles. The summed E-state index contributed by atoms with van der Waals surface area (Å²) in [5, 5.41) is 23.7. The van der Waals surface area contributed by atoms with Crippen molar-refractivity contribution in [3.05, 3.63) is 11.7 Å². The van der Waals surface area contributed by atoms with Crippen molar-refractivity contribution in [3.63, 3.8) is 0 Å². The molecule has 130 valence electrons. The molecule has 2 N–H and O–H groups in total. The molecule has 8 nitrogen and oxygen atoms in total. The minimum absolute atomic E-state index is 0.285. The second kappa shape index (κ2) is 7.85. The Morgan fingerprint density at radius 3 is 3.00 bits per heavy atom. The van der Waals surface area contributed by atoms with Crippen molar-refractivity contribution in [2.45, 2.75) is 45.3 Å². The highest BCUT2D eigenvalue weighted by atomic mass is 16.5. The Morgan fingerprint density at radius 2 is 2.35 bits per heavy atom. The molecule has 1 aromatic heterocycles. The Labute approximate surface area is 135 Å². The van der Waals surface area contributed by atoms with E-state index >= 15 is 0 Å². The lowest BCUT2D eigenvalue weighted by molar-refractivity contribution is -0.164. The van der Waals surface area contributed by atoms with E-state index in [2.05, 4.69) is 10.1 Å². The van der Waals surface area contributed by atoms with E-state index in [1.807, 2.05) is 11.8 Å². The summed E-state index contributed by atoms with van der Waals surface area (Å²) >= 11 is 0. The number of aliphatic hydroxyl groups is 1. The van der Waals surface area contributed by atoms with E-state index in [9.17, 15) is 15.0 Å². The van der Waals surface area contributed by atoms with Crippen LogP contribution >= 0.6 is 0 Å². The van der Waals surface area contributed by atoms with Gasteiger partial charge in [-0.1, -0.05) is 18.5 Å². The number of aliphatic carboxylic acids is 1. The summed E-state index contributed by atoms with van der Waals surface area (Å²) in [6.07, 6.45) is 1.34. The van der Waals surface area contributed by atoms with Gasteiger partial charge in [-0.15, -0.1) is 0 Å². The van der Waals surface area contributed by atoms with E-state index in [0.717, 1.165) is 0 Å². The number of nitrogens with zero attached hydrogens (tertiary/aromatic N) is 3. The van der Waals surface area contributed by atoms with E-state index in [1.54, 1.807) is 7.11 Å². The number of rotatable bonds is 8. The number of aromatic nitrogens is 2. The van der Waals surface area contributed by atoms with Gasteiger partial charge < -0.3 is 19.5 Å². The average molecular weight is 327 g/mol. The minimum atomic E-state index is -1.12. The van der Waals surface area contributed by atoms with Gasteiger partial charge >= 0.3 is 5.97 Å². The van der Waals surface area contributed by atoms with Gasteiger partial charge in [0, 0.05) is 26.6 Å². The van der Waals surface area contributed by atoms with E-state index in [4.69, 9.17) is 9.26 Å². The van der Waals surface area contributed by atoms with Crippen molar-refractivity contribution >= 4 is 5.97 Å². The summed E-state index contributed by atoms with van der Waals surface area (Å²) in [4.78, 5) is 18.0. The van der Waals surface area contributed by atoms with Gasteiger partial charge in [-0.05, 0) is 12.8 Å². The maximum atomic E-state index is 11.7. The van der Waals surface area contributed by atoms with Crippen LogP contribution in [0.5, 0.6) is 0 Å². The first-order valence-electron chi connectivity index (χ1n) is 7.96. The van der Waals surface area contributed by atoms with Crippen molar-refractivity contribution in [2.24, 2.45) is 5.41 Å². The fourth-order valence-electron chi connectivity index (χ4n) is 3.15. The summed E-state index contributed by atoms with van der Waals surface area (Å²) in [5.41, 5.74) is -1.12. The largest absolute Gasteiger partial charge is 0.481 e. The SMILES string of the molecule is CCC[C@@]1(C(=O)O)CN(Cc2nc(CCOC)no2)CC[C@H]1O. The molecule has 0 radical (unpaired) electrons. The van der Waals surface area contributed by atoms with Crippen molar-refractivity contribution in [2.75, 3.05) is 26.8 Å². The maximum absolute atomic E-state index is 11.7. The standard InChI is InChI=1S/C15H25N3O5/c1-3-6-15(14(20)21)10-18(7-4-11(15)19)9-13-16-12(17-23-13)5-8-22-2/h11,19H,3-10H2,1-2H3,(H,20,21)/t11-,15-/m1/s1. The second-order valence-electron chi connectivity index (χ2n) is 6.07. The number of carboxylic acids is 1. The van der Waals surface area contributed by atoms with Gasteiger partial charge in [-0.3, -0.25) is 9.69 Å². The summed E-state index contributed by atoms with van der Waals surface area (Å²) in [5.74, 6) is 0.100. The Morgan fingerprint density at radius 1 is 1.57 bits per heavy atom. The summed E-state index contributed by atoms with van der Waals surface area (Å²) in [7, 11) is 1.61. The number of likely N-dealkylation sites (tertiary alicyclic amines) is 1. The highest BCUT2D eigenvalue weighted by molar-refractivity contribution is 5.76. The van der Waals surface area contributed by atoms with Crippen LogP contribution in [0.15, 0.2) is 4.52 Å². The number of ether oxygens (including phenoxy) is 1. The molecule has 2 atom stereocenters. The number of carbonyl (C=O) groups is 1. The topological polar surface area (TPSA) is 109 Å². The lowest BCUT2D eigenvalue weighted by Crippen LogP contribution is -2.55. The van der Waals surface area contributed by atoms with Gasteiger partial charge in [-0.25, -0.2) is 0 Å². The zero-order chi connectivity index (χ0) is 16.9. The van der Waals surface area contributed by atoms with Crippen LogP contribution in [-0.2, 0) is 22.5 Å². The Balaban J connectivity index is 2.03. The molecule has 0 bridgehead atoms. The van der Waals surface area contributed by atoms with Crippen LogP contribution in [0.1, 0.15) is 37.9 Å². The summed E-state index contributed by atoms with van der Waals surface area (Å²) in [6, 6.07) is 0. The van der Waals surface area contributed by atoms with Crippen molar-refractivity contribution in [3.8, 4) is 0 Å². The molecule has 0 aromatic carbocycles. The molecule has 8 heteroatoms. The van der Waals surface area contributed by atoms with Gasteiger partial charge in [0.15, 0.2) is 5.82 Å². The van der Waals surface area contributed by atoms with Crippen LogP contribution in [0.3, 0.4) is 0 Å². The fourth-order valence-corrected chi connectivity index (χ4v) is 3.15. The fraction of sp³-hybridized carbons (Fsp3) is 0.800. The Bertz CT molecular complexity index is 521. The van der Waals surface area contributed by atoms with Crippen LogP contribution in [-0.4, -0.2) is 64.1 Å². The van der Waals surface area contributed by atoms with E-state index in [0.29, 0.717) is 57.1 Å². The first-order chi connectivity index (χ1) is 11.0. The monoisotopic (exact) mass is 327 g/mol. The molecule has 1 aliphatic rings. The summed E-state index contributed by atoms with van der Waals surface area (Å²) < 4.78 is 10.2. The molecule has 23 heavy (non-hydrogen) atoms. The first-order valence-corrected chi connectivity index (χ1v) is 7.96. The van der Waals surface area contributed by atoms with Crippen LogP contribution in [0.25, 0.3) is 0 Å². The van der Waals surface area contributed by atoms with Gasteiger partial charge in [-0.2, -0.15) is 4.98 Å². The number of hydrogen-bond donors (Lipinski definition) is 2. The lowest BCUT2D eigenvalue weighted by atomic mass is 9.74. The van der Waals surface area contributed by atoms with Crippen LogP contribution in [0.4, 0.5) is 0 Å². The zero-order valence-electron chi connectivity index (χ0n) is 13.7. The predicted octanol–water partition coefficient (Wildman–Crippen LogP) is 0.696. The summed E-state index contributed by atoms with van der Waals surface area (Å²) in [6.45, 7) is 3.73. The van der Waals surface area contributed by atoms with Gasteiger partial charge in [0.2, 0.25) is 5.89 Å². The molecule has 1 aromatic rings. The molecular formula is C15H25N3O5. The molecular weight excluding hydrogens is 302 g/mol. The number of carboxylic acid groups (broad SMARTS) is 1. The van der Waals surface area contributed by atoms with Crippen molar-refractivity contribution in [1.29, 1.82) is 0 Å². The van der Waals surface area contributed by atoms with Crippen molar-refractivity contribution in [1.82, 2.24) is 15.0 Å². The lowest BCUT2D eigenvalue weighted by Gasteiger charge is -2.42. The number of piperidine rings is 1. The zero-order valence-corrected chi connectivity index (χ0v) is 13.7. The molecule has 2 rings (SSSR count). The highest BCUT2D eigenvalue weighted by Gasteiger charge is 2.48. The molecule has 1 fully saturated rings. The molecule has 0 aliphatic carbocycles. The second-order valence-corrected chi connectivity index (χ2v) is 6.07. The predicted molar refractivity (Wildman–Crippen MR) is 80.8 cm³/mol. The number of hydrogen-bond acceptors (Lipinski definition) is 7. The maximum Gasteiger partial charge on any atom is 0.313 e. The first kappa shape index (κ1) is 17.8. The number of methoxy groups -OCH3 is 1. The van der Waals surface area contributed by atoms with E-state index in [1.165, 1.54) is 0 Å². The molecule has 1 aliphatic heterocycles. The normalized spacial score (nSPS) is 25.6. The highest BCUT2D eigenvalue weighted by Crippen LogP contribution is 2.35. The van der Waals surface area contributed by atoms with Crippen LogP contribution in [0, 0.1) is 5.41 Å². The smallest absolute Gasteiger partial charge is 0.313 e. The van der Waals surface area contributed by atoms with E-state index < -0.39 is 17.5 Å². The molecule has 0 saturated carbocycles. The molecule has 1 saturated heterocycles. The third-order valence-corrected chi connectivity index (χ3v) is 4.38. The quantitative estimate of drug-likeness (QED) is 0.718. The van der Waals surface area contributed by atoms with Gasteiger partial charge in [0.25, 0.3) is 0 Å². The molecule has 0 spiro atoms. The van der Waals surface area contributed by atoms with Crippen LogP contribution in [0.2, 0.25) is 0 Å². The van der Waals surface area contributed by atoms with Crippen molar-refractivity contribution < 1.29 is 24.3 Å². The third-order valence-electron chi connectivity index (χ3n) is 4.38. The van der Waals surface area contributed by atoms with E-state index in [-0.39, 0.29) is 6.54 Å². The minimum Gasteiger partial charge on any atom is -0.481 e. The van der Waals surface area contributed by atoms with Gasteiger partial charge in [0.1, 0.15) is 5.41 Å². The van der Waals surface area contributed by atoms with Gasteiger partial charge in [0.05, 0.1) is 19.3 Å². The molecule has 0 amide bonds. The Hall–Kier alpha value is -1.51.